The van der Waals surface area contributed by atoms with Crippen LogP contribution < -0.4 is 5.32 Å². The van der Waals surface area contributed by atoms with Gasteiger partial charge >= 0.3 is 0 Å². The van der Waals surface area contributed by atoms with Gasteiger partial charge in [0, 0.05) is 35.7 Å². The van der Waals surface area contributed by atoms with Crippen molar-refractivity contribution in [2.75, 3.05) is 12.8 Å². The lowest BCUT2D eigenvalue weighted by Gasteiger charge is -2.30. The second-order valence-electron chi connectivity index (χ2n) is 6.10. The molecule has 0 aliphatic rings. The van der Waals surface area contributed by atoms with E-state index in [0.717, 1.165) is 10.5 Å². The van der Waals surface area contributed by atoms with Crippen LogP contribution in [0.3, 0.4) is 0 Å². The summed E-state index contributed by atoms with van der Waals surface area (Å²) in [5.74, 6) is 0.504. The Kier molecular flexibility index (Phi) is 8.69. The predicted molar refractivity (Wildman–Crippen MR) is 112 cm³/mol. The molecule has 0 spiro atoms. The molecular weight excluding hydrogens is 380 g/mol. The van der Waals surface area contributed by atoms with Crippen molar-refractivity contribution in [3.8, 4) is 0 Å². The summed E-state index contributed by atoms with van der Waals surface area (Å²) in [5.41, 5.74) is 0.950. The van der Waals surface area contributed by atoms with Gasteiger partial charge in [0.1, 0.15) is 6.04 Å². The molecule has 0 heterocycles. The maximum Gasteiger partial charge on any atom is 0.242 e. The van der Waals surface area contributed by atoms with E-state index >= 15 is 0 Å². The number of hydrogen-bond acceptors (Lipinski definition) is 3. The Morgan fingerprint density at radius 1 is 1.11 bits per heavy atom. The van der Waals surface area contributed by atoms with E-state index in [-0.39, 0.29) is 11.8 Å². The van der Waals surface area contributed by atoms with E-state index in [2.05, 4.69) is 5.32 Å². The maximum absolute atomic E-state index is 12.9. The molecule has 144 valence electrons. The van der Waals surface area contributed by atoms with Crippen molar-refractivity contribution in [3.63, 3.8) is 0 Å². The van der Waals surface area contributed by atoms with E-state index in [4.69, 9.17) is 11.6 Å². The fourth-order valence-electron chi connectivity index (χ4n) is 2.79. The standard InChI is InChI=1S/C21H25ClN2O2S/c1-3-19(21(26)23-2)24(15-16-9-11-17(22)12-10-16)20(25)13-14-27-18-7-5-4-6-8-18/h4-12,19H,3,13-15H2,1-2H3,(H,23,26)/t19-/m1/s1. The van der Waals surface area contributed by atoms with Crippen LogP contribution in [0, 0.1) is 0 Å². The van der Waals surface area contributed by atoms with Gasteiger partial charge in [0.15, 0.2) is 0 Å². The van der Waals surface area contributed by atoms with Crippen LogP contribution in [0.5, 0.6) is 0 Å². The van der Waals surface area contributed by atoms with Crippen LogP contribution in [-0.2, 0) is 16.1 Å². The van der Waals surface area contributed by atoms with E-state index in [0.29, 0.717) is 30.2 Å². The van der Waals surface area contributed by atoms with Gasteiger partial charge in [0.05, 0.1) is 0 Å². The molecule has 0 unspecified atom stereocenters. The molecule has 0 aliphatic carbocycles. The smallest absolute Gasteiger partial charge is 0.242 e. The van der Waals surface area contributed by atoms with Gasteiger partial charge in [-0.2, -0.15) is 0 Å². The number of nitrogens with one attached hydrogen (secondary N) is 1. The highest BCUT2D eigenvalue weighted by Gasteiger charge is 2.27. The molecule has 6 heteroatoms. The third-order valence-electron chi connectivity index (χ3n) is 4.23. The van der Waals surface area contributed by atoms with Crippen LogP contribution in [0.2, 0.25) is 5.02 Å². The van der Waals surface area contributed by atoms with E-state index in [1.165, 1.54) is 0 Å². The van der Waals surface area contributed by atoms with Crippen molar-refractivity contribution in [1.82, 2.24) is 10.2 Å². The Morgan fingerprint density at radius 2 is 1.78 bits per heavy atom. The zero-order chi connectivity index (χ0) is 19.6. The first-order valence-corrected chi connectivity index (χ1v) is 10.3. The summed E-state index contributed by atoms with van der Waals surface area (Å²) in [4.78, 5) is 28.0. The molecule has 0 aliphatic heterocycles. The highest BCUT2D eigenvalue weighted by atomic mass is 35.5. The van der Waals surface area contributed by atoms with Crippen molar-refractivity contribution in [2.24, 2.45) is 0 Å². The molecule has 2 rings (SSSR count). The highest BCUT2D eigenvalue weighted by molar-refractivity contribution is 7.99. The van der Waals surface area contributed by atoms with E-state index < -0.39 is 6.04 Å². The zero-order valence-corrected chi connectivity index (χ0v) is 17.2. The summed E-state index contributed by atoms with van der Waals surface area (Å²) in [6.07, 6.45) is 0.936. The molecule has 0 fully saturated rings. The topological polar surface area (TPSA) is 49.4 Å². The molecule has 27 heavy (non-hydrogen) atoms. The molecule has 0 aromatic heterocycles. The number of likely N-dealkylation sites (N-methyl/N-ethyl adjacent to an activating group) is 1. The van der Waals surface area contributed by atoms with Crippen LogP contribution in [0.25, 0.3) is 0 Å². The fourth-order valence-corrected chi connectivity index (χ4v) is 3.78. The van der Waals surface area contributed by atoms with Crippen LogP contribution in [0.1, 0.15) is 25.3 Å². The minimum atomic E-state index is -0.486. The molecule has 2 aromatic rings. The second-order valence-corrected chi connectivity index (χ2v) is 7.70. The predicted octanol–water partition coefficient (Wildman–Crippen LogP) is 4.38. The van der Waals surface area contributed by atoms with Crippen molar-refractivity contribution in [3.05, 3.63) is 65.2 Å². The lowest BCUT2D eigenvalue weighted by molar-refractivity contribution is -0.140. The van der Waals surface area contributed by atoms with Crippen molar-refractivity contribution in [2.45, 2.75) is 37.2 Å². The Bertz CT molecular complexity index is 738. The number of carbonyl (C=O) groups excluding carboxylic acids is 2. The minimum absolute atomic E-state index is 0.0242. The summed E-state index contributed by atoms with van der Waals surface area (Å²) in [5, 5.41) is 3.32. The number of benzene rings is 2. The lowest BCUT2D eigenvalue weighted by atomic mass is 10.1. The van der Waals surface area contributed by atoms with Crippen LogP contribution in [0.15, 0.2) is 59.5 Å². The summed E-state index contributed by atoms with van der Waals surface area (Å²) >= 11 is 7.60. The summed E-state index contributed by atoms with van der Waals surface area (Å²) < 4.78 is 0. The van der Waals surface area contributed by atoms with Gasteiger partial charge in [-0.1, -0.05) is 48.9 Å². The number of nitrogens with zero attached hydrogens (tertiary/aromatic N) is 1. The largest absolute Gasteiger partial charge is 0.357 e. The van der Waals surface area contributed by atoms with Crippen molar-refractivity contribution in [1.29, 1.82) is 0 Å². The maximum atomic E-state index is 12.9. The normalized spacial score (nSPS) is 11.7. The second kappa shape index (κ2) is 11.0. The third kappa shape index (κ3) is 6.60. The van der Waals surface area contributed by atoms with Gasteiger partial charge in [-0.05, 0) is 36.2 Å². The zero-order valence-electron chi connectivity index (χ0n) is 15.7. The SMILES string of the molecule is CC[C@H](C(=O)NC)N(Cc1ccc(Cl)cc1)C(=O)CCSc1ccccc1. The van der Waals surface area contributed by atoms with Crippen LogP contribution in [0.4, 0.5) is 0 Å². The van der Waals surface area contributed by atoms with Gasteiger partial charge < -0.3 is 10.2 Å². The quantitative estimate of drug-likeness (QED) is 0.631. The molecule has 0 saturated carbocycles. The first kappa shape index (κ1) is 21.3. The third-order valence-corrected chi connectivity index (χ3v) is 5.49. The van der Waals surface area contributed by atoms with Gasteiger partial charge in [0.2, 0.25) is 11.8 Å². The molecule has 1 N–H and O–H groups in total. The molecule has 1 atom stereocenters. The van der Waals surface area contributed by atoms with Gasteiger partial charge in [-0.15, -0.1) is 11.8 Å². The Morgan fingerprint density at radius 3 is 2.37 bits per heavy atom. The van der Waals surface area contributed by atoms with Gasteiger partial charge in [0.25, 0.3) is 0 Å². The number of thioether (sulfide) groups is 1. The molecule has 2 aromatic carbocycles. The molecule has 4 nitrogen and oxygen atoms in total. The fraction of sp³-hybridized carbons (Fsp3) is 0.333. The van der Waals surface area contributed by atoms with E-state index in [1.54, 1.807) is 35.8 Å². The number of halogens is 1. The number of hydrogen-bond donors (Lipinski definition) is 1. The lowest BCUT2D eigenvalue weighted by Crippen LogP contribution is -2.48. The highest BCUT2D eigenvalue weighted by Crippen LogP contribution is 2.20. The average molecular weight is 405 g/mol. The molecule has 2 amide bonds. The molecular formula is C21H25ClN2O2S. The van der Waals surface area contributed by atoms with Crippen LogP contribution in [-0.4, -0.2) is 35.6 Å². The Hall–Kier alpha value is -1.98. The minimum Gasteiger partial charge on any atom is -0.357 e. The van der Waals surface area contributed by atoms with Gasteiger partial charge in [-0.25, -0.2) is 0 Å². The van der Waals surface area contributed by atoms with E-state index in [1.807, 2.05) is 49.4 Å². The first-order valence-electron chi connectivity index (χ1n) is 8.98. The number of amides is 2. The number of carbonyl (C=O) groups is 2. The van der Waals surface area contributed by atoms with E-state index in [9.17, 15) is 9.59 Å². The van der Waals surface area contributed by atoms with Crippen molar-refractivity contribution < 1.29 is 9.59 Å². The average Bonchev–Trinajstić information content (AvgIpc) is 2.69. The van der Waals surface area contributed by atoms with Crippen molar-refractivity contribution >= 4 is 35.2 Å². The van der Waals surface area contributed by atoms with Gasteiger partial charge in [-0.3, -0.25) is 9.59 Å². The van der Waals surface area contributed by atoms with Crippen LogP contribution >= 0.6 is 23.4 Å². The summed E-state index contributed by atoms with van der Waals surface area (Å²) in [6.45, 7) is 2.30. The molecule has 0 saturated heterocycles. The monoisotopic (exact) mass is 404 g/mol. The Balaban J connectivity index is 2.08. The Labute approximate surface area is 170 Å². The summed E-state index contributed by atoms with van der Waals surface area (Å²) in [6, 6.07) is 16.9. The summed E-state index contributed by atoms with van der Waals surface area (Å²) in [7, 11) is 1.60. The first-order chi connectivity index (χ1) is 13.0. The number of rotatable bonds is 9. The molecule has 0 radical (unpaired) electrons. The molecule has 0 bridgehead atoms.